The Morgan fingerprint density at radius 3 is 2.67 bits per heavy atom. The number of alkyl halides is 3. The van der Waals surface area contributed by atoms with E-state index in [-0.39, 0.29) is 18.1 Å². The number of carbonyl (C=O) groups excluding carboxylic acids is 1. The van der Waals surface area contributed by atoms with Gasteiger partial charge in [0.25, 0.3) is 0 Å². The van der Waals surface area contributed by atoms with E-state index in [1.807, 2.05) is 0 Å². The first-order valence-electron chi connectivity index (χ1n) is 4.86. The number of benzene rings is 1. The van der Waals surface area contributed by atoms with E-state index in [2.05, 4.69) is 25.4 Å². The average Bonchev–Trinajstić information content (AvgIpc) is 2.31. The van der Waals surface area contributed by atoms with Gasteiger partial charge in [-0.15, -0.1) is 11.6 Å². The average molecular weight is 344 g/mol. The highest BCUT2D eigenvalue weighted by molar-refractivity contribution is 9.10. The molecule has 1 aromatic carbocycles. The van der Waals surface area contributed by atoms with Crippen LogP contribution in [0, 0.1) is 0 Å². The molecule has 0 unspecified atom stereocenters. The highest BCUT2D eigenvalue weighted by Crippen LogP contribution is 2.29. The van der Waals surface area contributed by atoms with Crippen LogP contribution in [0.5, 0.6) is 5.75 Å². The predicted octanol–water partition coefficient (Wildman–Crippen LogP) is 3.50. The summed E-state index contributed by atoms with van der Waals surface area (Å²) in [5.41, 5.74) is 1.13. The minimum Gasteiger partial charge on any atom is -0.469 e. The van der Waals surface area contributed by atoms with Gasteiger partial charge in [0.2, 0.25) is 0 Å². The van der Waals surface area contributed by atoms with Crippen molar-refractivity contribution in [3.05, 3.63) is 27.7 Å². The number of ether oxygens (including phenoxy) is 2. The summed E-state index contributed by atoms with van der Waals surface area (Å²) in [6.07, 6.45) is 0.00803. The highest BCUT2D eigenvalue weighted by Gasteiger charge is 2.15. The van der Waals surface area contributed by atoms with Gasteiger partial charge in [-0.25, -0.2) is 0 Å². The maximum atomic E-state index is 12.1. The van der Waals surface area contributed by atoms with Crippen molar-refractivity contribution in [1.29, 1.82) is 0 Å². The lowest BCUT2D eigenvalue weighted by Crippen LogP contribution is -2.08. The van der Waals surface area contributed by atoms with Gasteiger partial charge in [0, 0.05) is 10.4 Å². The standard InChI is InChI=1S/C11H10BrClF2O3/c1-17-10(16)4-8-6(5-13)2-7(3-9(8)12)18-11(14)15/h2-3,11H,4-5H2,1H3. The van der Waals surface area contributed by atoms with Crippen LogP contribution in [-0.2, 0) is 21.8 Å². The van der Waals surface area contributed by atoms with E-state index in [4.69, 9.17) is 11.6 Å². The molecule has 1 rings (SSSR count). The first kappa shape index (κ1) is 15.2. The van der Waals surface area contributed by atoms with Crippen LogP contribution in [0.15, 0.2) is 16.6 Å². The fourth-order valence-corrected chi connectivity index (χ4v) is 2.23. The second kappa shape index (κ2) is 6.89. The van der Waals surface area contributed by atoms with Gasteiger partial charge in [-0.2, -0.15) is 8.78 Å². The third-order valence-electron chi connectivity index (χ3n) is 2.18. The minimum absolute atomic E-state index is 0.00803. The maximum absolute atomic E-state index is 12.1. The second-order valence-electron chi connectivity index (χ2n) is 3.31. The van der Waals surface area contributed by atoms with Crippen LogP contribution in [-0.4, -0.2) is 19.7 Å². The van der Waals surface area contributed by atoms with Gasteiger partial charge in [-0.1, -0.05) is 15.9 Å². The van der Waals surface area contributed by atoms with Crippen LogP contribution in [0.25, 0.3) is 0 Å². The molecule has 3 nitrogen and oxygen atoms in total. The number of methoxy groups -OCH3 is 1. The third-order valence-corrected chi connectivity index (χ3v) is 3.17. The number of hydrogen-bond acceptors (Lipinski definition) is 3. The summed E-state index contributed by atoms with van der Waals surface area (Å²) in [6, 6.07) is 2.74. The number of carbonyl (C=O) groups is 1. The lowest BCUT2D eigenvalue weighted by molar-refractivity contribution is -0.139. The summed E-state index contributed by atoms with van der Waals surface area (Å²) in [4.78, 5) is 11.2. The third kappa shape index (κ3) is 4.10. The molecule has 0 spiro atoms. The van der Waals surface area contributed by atoms with Gasteiger partial charge in [0.1, 0.15) is 5.75 Å². The molecular formula is C11H10BrClF2O3. The van der Waals surface area contributed by atoms with Crippen molar-refractivity contribution in [3.63, 3.8) is 0 Å². The largest absolute Gasteiger partial charge is 0.469 e. The molecule has 7 heteroatoms. The van der Waals surface area contributed by atoms with Crippen LogP contribution in [0.4, 0.5) is 8.78 Å². The van der Waals surface area contributed by atoms with Gasteiger partial charge in [-0.3, -0.25) is 4.79 Å². The van der Waals surface area contributed by atoms with Gasteiger partial charge in [0.05, 0.1) is 13.5 Å². The van der Waals surface area contributed by atoms with Crippen molar-refractivity contribution in [3.8, 4) is 5.75 Å². The Morgan fingerprint density at radius 1 is 1.50 bits per heavy atom. The molecule has 0 N–H and O–H groups in total. The second-order valence-corrected chi connectivity index (χ2v) is 4.43. The normalized spacial score (nSPS) is 10.6. The van der Waals surface area contributed by atoms with Crippen LogP contribution in [0.1, 0.15) is 11.1 Å². The minimum atomic E-state index is -2.91. The Hall–Kier alpha value is -0.880. The van der Waals surface area contributed by atoms with Gasteiger partial charge >= 0.3 is 12.6 Å². The Bertz CT molecular complexity index is 441. The Morgan fingerprint density at radius 2 is 2.17 bits per heavy atom. The monoisotopic (exact) mass is 342 g/mol. The lowest BCUT2D eigenvalue weighted by Gasteiger charge is -2.12. The molecule has 0 radical (unpaired) electrons. The van der Waals surface area contributed by atoms with Gasteiger partial charge in [0.15, 0.2) is 0 Å². The summed E-state index contributed by atoms with van der Waals surface area (Å²) in [7, 11) is 1.27. The van der Waals surface area contributed by atoms with E-state index >= 15 is 0 Å². The van der Waals surface area contributed by atoms with Crippen LogP contribution in [0.3, 0.4) is 0 Å². The van der Waals surface area contributed by atoms with Gasteiger partial charge in [-0.05, 0) is 23.3 Å². The van der Waals surface area contributed by atoms with E-state index in [1.165, 1.54) is 19.2 Å². The van der Waals surface area contributed by atoms with E-state index in [9.17, 15) is 13.6 Å². The molecule has 0 aliphatic rings. The first-order valence-corrected chi connectivity index (χ1v) is 6.19. The zero-order valence-electron chi connectivity index (χ0n) is 9.38. The fraction of sp³-hybridized carbons (Fsp3) is 0.364. The smallest absolute Gasteiger partial charge is 0.387 e. The van der Waals surface area contributed by atoms with E-state index in [0.717, 1.165) is 0 Å². The van der Waals surface area contributed by atoms with Crippen LogP contribution in [0.2, 0.25) is 0 Å². The molecule has 18 heavy (non-hydrogen) atoms. The number of halogens is 4. The molecule has 0 fully saturated rings. The number of esters is 1. The van der Waals surface area contributed by atoms with Crippen molar-refractivity contribution in [2.45, 2.75) is 18.9 Å². The molecule has 0 atom stereocenters. The van der Waals surface area contributed by atoms with Crippen molar-refractivity contribution < 1.29 is 23.0 Å². The molecule has 0 aliphatic carbocycles. The summed E-state index contributed by atoms with van der Waals surface area (Å²) in [5, 5.41) is 0. The molecule has 1 aromatic rings. The molecule has 0 amide bonds. The molecule has 0 aliphatic heterocycles. The molecule has 0 aromatic heterocycles. The van der Waals surface area contributed by atoms with Gasteiger partial charge < -0.3 is 9.47 Å². The zero-order chi connectivity index (χ0) is 13.7. The molecule has 100 valence electrons. The van der Waals surface area contributed by atoms with E-state index < -0.39 is 12.6 Å². The summed E-state index contributed by atoms with van der Waals surface area (Å²) >= 11 is 8.92. The molecule has 0 saturated carbocycles. The highest BCUT2D eigenvalue weighted by atomic mass is 79.9. The quantitative estimate of drug-likeness (QED) is 0.606. The summed E-state index contributed by atoms with van der Waals surface area (Å²) in [5.74, 6) is -0.378. The Balaban J connectivity index is 3.07. The van der Waals surface area contributed by atoms with Crippen molar-refractivity contribution in [2.75, 3.05) is 7.11 Å². The first-order chi connectivity index (χ1) is 8.47. The Labute approximate surface area is 116 Å². The van der Waals surface area contributed by atoms with E-state index in [0.29, 0.717) is 15.6 Å². The summed E-state index contributed by atoms with van der Waals surface area (Å²) in [6.45, 7) is -2.91. The predicted molar refractivity (Wildman–Crippen MR) is 66.1 cm³/mol. The summed E-state index contributed by atoms with van der Waals surface area (Å²) < 4.78 is 33.5. The topological polar surface area (TPSA) is 35.5 Å². The molecule has 0 bridgehead atoms. The zero-order valence-corrected chi connectivity index (χ0v) is 11.7. The Kier molecular flexibility index (Phi) is 5.81. The fourth-order valence-electron chi connectivity index (χ4n) is 1.37. The molecular weight excluding hydrogens is 333 g/mol. The number of rotatable bonds is 5. The molecule has 0 heterocycles. The number of hydrogen-bond donors (Lipinski definition) is 0. The van der Waals surface area contributed by atoms with Crippen LogP contribution >= 0.6 is 27.5 Å². The van der Waals surface area contributed by atoms with Crippen molar-refractivity contribution in [1.82, 2.24) is 0 Å². The van der Waals surface area contributed by atoms with Crippen LogP contribution < -0.4 is 4.74 Å². The van der Waals surface area contributed by atoms with E-state index in [1.54, 1.807) is 0 Å². The maximum Gasteiger partial charge on any atom is 0.387 e. The molecule has 0 saturated heterocycles. The SMILES string of the molecule is COC(=O)Cc1c(Br)cc(OC(F)F)cc1CCl. The van der Waals surface area contributed by atoms with Crippen molar-refractivity contribution >= 4 is 33.5 Å². The lowest BCUT2D eigenvalue weighted by atomic mass is 10.1. The van der Waals surface area contributed by atoms with Crippen molar-refractivity contribution in [2.24, 2.45) is 0 Å².